The number of likely N-dealkylation sites (N-methyl/N-ethyl adjacent to an activating group) is 1. The number of hydrogen-bond acceptors (Lipinski definition) is 5. The summed E-state index contributed by atoms with van der Waals surface area (Å²) >= 11 is 7.69. The van der Waals surface area contributed by atoms with E-state index in [-0.39, 0.29) is 5.57 Å². The molecule has 5 nitrogen and oxygen atoms in total. The van der Waals surface area contributed by atoms with Crippen LogP contribution in [0.3, 0.4) is 0 Å². The average molecular weight is 382 g/mol. The Kier molecular flexibility index (Phi) is 6.87. The van der Waals surface area contributed by atoms with Gasteiger partial charge >= 0.3 is 5.97 Å². The Labute approximate surface area is 156 Å². The molecule has 0 amide bonds. The first-order valence-electron chi connectivity index (χ1n) is 7.56. The summed E-state index contributed by atoms with van der Waals surface area (Å²) in [5.74, 6) is -0.0755. The van der Waals surface area contributed by atoms with Gasteiger partial charge in [-0.05, 0) is 49.3 Å². The van der Waals surface area contributed by atoms with Crippen LogP contribution in [0.4, 0.5) is 0 Å². The molecule has 0 saturated heterocycles. The van der Waals surface area contributed by atoms with Crippen molar-refractivity contribution in [2.75, 3.05) is 34.4 Å². The molecule has 1 N–H and O–H groups in total. The van der Waals surface area contributed by atoms with Crippen molar-refractivity contribution >= 4 is 40.6 Å². The van der Waals surface area contributed by atoms with Gasteiger partial charge in [0.15, 0.2) is 11.5 Å². The number of carboxylic acids is 1. The monoisotopic (exact) mass is 381 g/mol. The number of methoxy groups -OCH3 is 1. The first kappa shape index (κ1) is 19.3. The Hall–Kier alpha value is -2.02. The topological polar surface area (TPSA) is 59.0 Å². The zero-order chi connectivity index (χ0) is 18.4. The van der Waals surface area contributed by atoms with Crippen molar-refractivity contribution in [3.8, 4) is 11.5 Å². The Balaban J connectivity index is 2.35. The van der Waals surface area contributed by atoms with E-state index in [2.05, 4.69) is 0 Å². The Morgan fingerprint density at radius 2 is 2.16 bits per heavy atom. The summed E-state index contributed by atoms with van der Waals surface area (Å²) in [6.07, 6.45) is 1.58. The lowest BCUT2D eigenvalue weighted by Gasteiger charge is -2.15. The van der Waals surface area contributed by atoms with E-state index < -0.39 is 5.97 Å². The molecule has 0 aliphatic rings. The van der Waals surface area contributed by atoms with Crippen molar-refractivity contribution in [2.24, 2.45) is 0 Å². The molecule has 0 aliphatic heterocycles. The maximum absolute atomic E-state index is 11.6. The van der Waals surface area contributed by atoms with E-state index in [0.29, 0.717) is 33.6 Å². The van der Waals surface area contributed by atoms with Crippen molar-refractivity contribution in [3.05, 3.63) is 45.1 Å². The number of carboxylic acid groups (broad SMARTS) is 1. The van der Waals surface area contributed by atoms with Crippen LogP contribution in [-0.2, 0) is 4.79 Å². The van der Waals surface area contributed by atoms with Gasteiger partial charge < -0.3 is 19.5 Å². The van der Waals surface area contributed by atoms with E-state index in [4.69, 9.17) is 21.1 Å². The zero-order valence-electron chi connectivity index (χ0n) is 14.3. The number of nitrogens with zero attached hydrogens (tertiary/aromatic N) is 1. The van der Waals surface area contributed by atoms with Crippen LogP contribution in [0.2, 0.25) is 5.02 Å². The van der Waals surface area contributed by atoms with Gasteiger partial charge in [-0.25, -0.2) is 4.79 Å². The van der Waals surface area contributed by atoms with Crippen LogP contribution in [0.15, 0.2) is 29.6 Å². The van der Waals surface area contributed by atoms with E-state index in [0.717, 1.165) is 6.54 Å². The maximum Gasteiger partial charge on any atom is 0.337 e. The van der Waals surface area contributed by atoms with Crippen molar-refractivity contribution in [3.63, 3.8) is 0 Å². The van der Waals surface area contributed by atoms with Gasteiger partial charge in [0.1, 0.15) is 6.61 Å². The molecule has 1 aromatic carbocycles. The Bertz CT molecular complexity index is 757. The zero-order valence-corrected chi connectivity index (χ0v) is 15.9. The number of carbonyl (C=O) groups is 1. The lowest BCUT2D eigenvalue weighted by Crippen LogP contribution is -2.19. The summed E-state index contributed by atoms with van der Waals surface area (Å²) in [4.78, 5) is 14.2. The number of hydrogen-bond donors (Lipinski definition) is 1. The number of rotatable bonds is 8. The summed E-state index contributed by atoms with van der Waals surface area (Å²) in [5, 5.41) is 11.7. The lowest BCUT2D eigenvalue weighted by atomic mass is 10.1. The predicted molar refractivity (Wildman–Crippen MR) is 102 cm³/mol. The lowest BCUT2D eigenvalue weighted by molar-refractivity contribution is -0.130. The molecule has 0 unspecified atom stereocenters. The van der Waals surface area contributed by atoms with Crippen molar-refractivity contribution in [2.45, 2.75) is 0 Å². The van der Waals surface area contributed by atoms with Crippen LogP contribution < -0.4 is 9.47 Å². The van der Waals surface area contributed by atoms with E-state index in [9.17, 15) is 9.90 Å². The molecule has 25 heavy (non-hydrogen) atoms. The van der Waals surface area contributed by atoms with E-state index in [1.807, 2.05) is 30.4 Å². The molecule has 0 spiro atoms. The van der Waals surface area contributed by atoms with Crippen LogP contribution in [0.5, 0.6) is 11.5 Å². The normalized spacial score (nSPS) is 11.6. The van der Waals surface area contributed by atoms with Crippen LogP contribution in [0.25, 0.3) is 11.6 Å². The van der Waals surface area contributed by atoms with Gasteiger partial charge in [0.2, 0.25) is 0 Å². The van der Waals surface area contributed by atoms with Crippen molar-refractivity contribution in [1.29, 1.82) is 0 Å². The molecule has 1 heterocycles. The molecule has 7 heteroatoms. The van der Waals surface area contributed by atoms with E-state index >= 15 is 0 Å². The van der Waals surface area contributed by atoms with Crippen molar-refractivity contribution in [1.82, 2.24) is 4.90 Å². The fourth-order valence-corrected chi connectivity index (χ4v) is 3.14. The summed E-state index contributed by atoms with van der Waals surface area (Å²) in [5.41, 5.74) is 0.835. The summed E-state index contributed by atoms with van der Waals surface area (Å²) < 4.78 is 11.1. The second-order valence-corrected chi connectivity index (χ2v) is 6.88. The molecule has 0 atom stereocenters. The van der Waals surface area contributed by atoms with Gasteiger partial charge in [0, 0.05) is 11.4 Å². The van der Waals surface area contributed by atoms with E-state index in [1.54, 1.807) is 24.3 Å². The molecule has 0 aliphatic carbocycles. The SMILES string of the molecule is COc1cc(/C=C(\C(=O)O)c2cccs2)cc(Cl)c1OCCN(C)C. The fraction of sp³-hybridized carbons (Fsp3) is 0.278. The van der Waals surface area contributed by atoms with Crippen LogP contribution in [0.1, 0.15) is 10.4 Å². The summed E-state index contributed by atoms with van der Waals surface area (Å²) in [6.45, 7) is 1.20. The minimum Gasteiger partial charge on any atom is -0.493 e. The first-order chi connectivity index (χ1) is 11.9. The number of halogens is 1. The highest BCUT2D eigenvalue weighted by Crippen LogP contribution is 2.37. The number of benzene rings is 1. The number of ether oxygens (including phenoxy) is 2. The van der Waals surface area contributed by atoms with E-state index in [1.165, 1.54) is 18.4 Å². The predicted octanol–water partition coefficient (Wildman–Crippen LogP) is 3.98. The van der Waals surface area contributed by atoms with Gasteiger partial charge in [0.25, 0.3) is 0 Å². The molecular weight excluding hydrogens is 362 g/mol. The minimum atomic E-state index is -0.996. The Morgan fingerprint density at radius 3 is 2.72 bits per heavy atom. The molecule has 0 radical (unpaired) electrons. The van der Waals surface area contributed by atoms with Crippen molar-refractivity contribution < 1.29 is 19.4 Å². The summed E-state index contributed by atoms with van der Waals surface area (Å²) in [7, 11) is 5.43. The standard InChI is InChI=1S/C18H20ClNO4S/c1-20(2)6-7-24-17-14(19)10-12(11-15(17)23-3)9-13(18(21)22)16-5-4-8-25-16/h4-5,8-11H,6-7H2,1-3H3,(H,21,22)/b13-9-. The smallest absolute Gasteiger partial charge is 0.337 e. The third kappa shape index (κ3) is 5.22. The molecule has 134 valence electrons. The van der Waals surface area contributed by atoms with Gasteiger partial charge in [-0.15, -0.1) is 11.3 Å². The highest BCUT2D eigenvalue weighted by atomic mass is 35.5. The van der Waals surface area contributed by atoms with Crippen LogP contribution in [0, 0.1) is 0 Å². The maximum atomic E-state index is 11.6. The quantitative estimate of drug-likeness (QED) is 0.701. The molecule has 0 fully saturated rings. The molecule has 0 saturated carbocycles. The fourth-order valence-electron chi connectivity index (χ4n) is 2.13. The highest BCUT2D eigenvalue weighted by molar-refractivity contribution is 7.11. The van der Waals surface area contributed by atoms with Crippen LogP contribution >= 0.6 is 22.9 Å². The molecular formula is C18H20ClNO4S. The van der Waals surface area contributed by atoms with Crippen LogP contribution in [-0.4, -0.2) is 50.3 Å². The molecule has 0 bridgehead atoms. The second kappa shape index (κ2) is 8.89. The average Bonchev–Trinajstić information content (AvgIpc) is 3.07. The molecule has 2 rings (SSSR count). The number of aliphatic carboxylic acids is 1. The van der Waals surface area contributed by atoms with Gasteiger partial charge in [-0.1, -0.05) is 17.7 Å². The number of thiophene rings is 1. The third-order valence-electron chi connectivity index (χ3n) is 3.36. The molecule has 2 aromatic rings. The van der Waals surface area contributed by atoms with Gasteiger partial charge in [0.05, 0.1) is 17.7 Å². The first-order valence-corrected chi connectivity index (χ1v) is 8.82. The Morgan fingerprint density at radius 1 is 1.40 bits per heavy atom. The summed E-state index contributed by atoms with van der Waals surface area (Å²) in [6, 6.07) is 6.97. The second-order valence-electron chi connectivity index (χ2n) is 5.53. The van der Waals surface area contributed by atoms with Gasteiger partial charge in [-0.3, -0.25) is 0 Å². The van der Waals surface area contributed by atoms with Gasteiger partial charge in [-0.2, -0.15) is 0 Å². The highest BCUT2D eigenvalue weighted by Gasteiger charge is 2.15. The molecule has 1 aromatic heterocycles. The third-order valence-corrected chi connectivity index (χ3v) is 4.55. The largest absolute Gasteiger partial charge is 0.493 e. The minimum absolute atomic E-state index is 0.203.